The highest BCUT2D eigenvalue weighted by Gasteiger charge is 2.21. The number of nitrogens with one attached hydrogen (secondary N) is 1. The first-order valence-corrected chi connectivity index (χ1v) is 6.81. The average Bonchev–Trinajstić information content (AvgIpc) is 2.45. The Balaban J connectivity index is 2.28. The molecule has 20 heavy (non-hydrogen) atoms. The van der Waals surface area contributed by atoms with Crippen LogP contribution < -0.4 is 10.1 Å². The van der Waals surface area contributed by atoms with Crippen molar-refractivity contribution >= 4 is 10.8 Å². The van der Waals surface area contributed by atoms with E-state index in [1.807, 2.05) is 56.3 Å². The zero-order valence-electron chi connectivity index (χ0n) is 11.8. The molecule has 0 aliphatic rings. The van der Waals surface area contributed by atoms with Gasteiger partial charge in [-0.2, -0.15) is 0 Å². The van der Waals surface area contributed by atoms with Gasteiger partial charge in [-0.1, -0.05) is 36.4 Å². The highest BCUT2D eigenvalue weighted by Crippen LogP contribution is 2.26. The molecule has 0 aliphatic heterocycles. The van der Waals surface area contributed by atoms with E-state index in [0.29, 0.717) is 5.75 Å². The molecule has 0 amide bonds. The lowest BCUT2D eigenvalue weighted by molar-refractivity contribution is -0.0197. The van der Waals surface area contributed by atoms with Crippen molar-refractivity contribution in [2.24, 2.45) is 0 Å². The molecular weight excluding hydrogens is 254 g/mol. The Bertz CT molecular complexity index is 551. The molecule has 0 radical (unpaired) electrons. The van der Waals surface area contributed by atoms with E-state index >= 15 is 0 Å². The summed E-state index contributed by atoms with van der Waals surface area (Å²) in [6.07, 6.45) is -1.62. The summed E-state index contributed by atoms with van der Waals surface area (Å²) in [7, 11) is 0. The summed E-state index contributed by atoms with van der Waals surface area (Å²) >= 11 is 0. The van der Waals surface area contributed by atoms with Crippen molar-refractivity contribution in [3.63, 3.8) is 0 Å². The van der Waals surface area contributed by atoms with Gasteiger partial charge in [-0.05, 0) is 25.3 Å². The van der Waals surface area contributed by atoms with Crippen LogP contribution in [0.2, 0.25) is 0 Å². The Morgan fingerprint density at radius 1 is 1.10 bits per heavy atom. The van der Waals surface area contributed by atoms with Crippen LogP contribution in [0.25, 0.3) is 10.8 Å². The first kappa shape index (κ1) is 14.8. The number of hydrogen-bond donors (Lipinski definition) is 3. The fraction of sp³-hybridized carbons (Fsp3) is 0.375. The largest absolute Gasteiger partial charge is 0.472 e. The third-order valence-electron chi connectivity index (χ3n) is 3.04. The summed E-state index contributed by atoms with van der Waals surface area (Å²) in [6.45, 7) is 3.57. The first-order chi connectivity index (χ1) is 9.61. The van der Waals surface area contributed by atoms with Crippen LogP contribution in [0, 0.1) is 0 Å². The van der Waals surface area contributed by atoms with E-state index in [4.69, 9.17) is 9.84 Å². The summed E-state index contributed by atoms with van der Waals surface area (Å²) in [5.74, 6) is 0.689. The van der Waals surface area contributed by atoms with Crippen molar-refractivity contribution in [3.8, 4) is 5.75 Å². The van der Waals surface area contributed by atoms with Gasteiger partial charge < -0.3 is 14.9 Å². The number of ether oxygens (including phenoxy) is 1. The number of hydrogen-bond acceptors (Lipinski definition) is 4. The summed E-state index contributed by atoms with van der Waals surface area (Å²) in [5.41, 5.74) is 0. The Morgan fingerprint density at radius 3 is 2.50 bits per heavy atom. The van der Waals surface area contributed by atoms with Gasteiger partial charge >= 0.3 is 0 Å². The lowest BCUT2D eigenvalue weighted by Crippen LogP contribution is -2.48. The van der Waals surface area contributed by atoms with Crippen molar-refractivity contribution < 1.29 is 14.9 Å². The summed E-state index contributed by atoms with van der Waals surface area (Å²) in [5, 5.41) is 24.2. The molecule has 0 bridgehead atoms. The Labute approximate surface area is 119 Å². The van der Waals surface area contributed by atoms with Crippen LogP contribution >= 0.6 is 0 Å². The average molecular weight is 275 g/mol. The van der Waals surface area contributed by atoms with Crippen LogP contribution in [0.15, 0.2) is 42.5 Å². The smallest absolute Gasteiger partial charge is 0.178 e. The van der Waals surface area contributed by atoms with E-state index in [1.165, 1.54) is 0 Å². The summed E-state index contributed by atoms with van der Waals surface area (Å²) in [4.78, 5) is 0. The number of rotatable bonds is 6. The van der Waals surface area contributed by atoms with Crippen molar-refractivity contribution in [2.75, 3.05) is 6.61 Å². The maximum absolute atomic E-state index is 9.86. The number of fused-ring (bicyclic) bond motifs is 1. The lowest BCUT2D eigenvalue weighted by Gasteiger charge is -2.26. The van der Waals surface area contributed by atoms with E-state index in [1.54, 1.807) is 0 Å². The van der Waals surface area contributed by atoms with Gasteiger partial charge in [-0.3, -0.25) is 5.32 Å². The first-order valence-electron chi connectivity index (χ1n) is 6.81. The highest BCUT2D eigenvalue weighted by molar-refractivity contribution is 5.88. The monoisotopic (exact) mass is 275 g/mol. The van der Waals surface area contributed by atoms with Gasteiger partial charge in [0.05, 0.1) is 6.61 Å². The second-order valence-electron chi connectivity index (χ2n) is 5.09. The SMILES string of the molecule is CC(C)NC(Oc1cccc2ccccc12)C(O)CO. The predicted molar refractivity (Wildman–Crippen MR) is 79.7 cm³/mol. The van der Waals surface area contributed by atoms with Gasteiger partial charge in [0.15, 0.2) is 6.23 Å². The third-order valence-corrected chi connectivity index (χ3v) is 3.04. The van der Waals surface area contributed by atoms with E-state index < -0.39 is 12.3 Å². The molecule has 0 aliphatic carbocycles. The molecule has 0 spiro atoms. The number of benzene rings is 2. The van der Waals surface area contributed by atoms with E-state index in [-0.39, 0.29) is 12.6 Å². The fourth-order valence-corrected chi connectivity index (χ4v) is 2.08. The molecule has 3 N–H and O–H groups in total. The van der Waals surface area contributed by atoms with Crippen LogP contribution in [0.3, 0.4) is 0 Å². The van der Waals surface area contributed by atoms with Crippen LogP contribution in [0.4, 0.5) is 0 Å². The van der Waals surface area contributed by atoms with E-state index in [0.717, 1.165) is 10.8 Å². The molecular formula is C16H21NO3. The van der Waals surface area contributed by atoms with Gasteiger partial charge in [0.1, 0.15) is 11.9 Å². The minimum Gasteiger partial charge on any atom is -0.472 e. The molecule has 0 saturated carbocycles. The normalized spacial score (nSPS) is 14.4. The van der Waals surface area contributed by atoms with E-state index in [2.05, 4.69) is 5.32 Å². The molecule has 0 aromatic heterocycles. The maximum atomic E-state index is 9.86. The molecule has 2 rings (SSSR count). The number of aliphatic hydroxyl groups is 2. The zero-order chi connectivity index (χ0) is 14.5. The minimum absolute atomic E-state index is 0.135. The fourth-order valence-electron chi connectivity index (χ4n) is 2.08. The summed E-state index contributed by atoms with van der Waals surface area (Å²) < 4.78 is 5.87. The quantitative estimate of drug-likeness (QED) is 0.705. The molecule has 0 saturated heterocycles. The van der Waals surface area contributed by atoms with Gasteiger partial charge in [0, 0.05) is 11.4 Å². The maximum Gasteiger partial charge on any atom is 0.178 e. The molecule has 2 aromatic carbocycles. The Hall–Kier alpha value is -1.62. The van der Waals surface area contributed by atoms with E-state index in [9.17, 15) is 5.11 Å². The molecule has 4 nitrogen and oxygen atoms in total. The zero-order valence-corrected chi connectivity index (χ0v) is 11.8. The van der Waals surface area contributed by atoms with Gasteiger partial charge in [0.2, 0.25) is 0 Å². The van der Waals surface area contributed by atoms with Gasteiger partial charge in [-0.25, -0.2) is 0 Å². The van der Waals surface area contributed by atoms with Gasteiger partial charge in [-0.15, -0.1) is 0 Å². The topological polar surface area (TPSA) is 61.7 Å². The molecule has 2 aromatic rings. The number of aliphatic hydroxyl groups excluding tert-OH is 2. The molecule has 108 valence electrons. The molecule has 2 unspecified atom stereocenters. The second kappa shape index (κ2) is 6.70. The lowest BCUT2D eigenvalue weighted by atomic mass is 10.1. The molecule has 2 atom stereocenters. The van der Waals surface area contributed by atoms with Crippen LogP contribution in [0.5, 0.6) is 5.75 Å². The second-order valence-corrected chi connectivity index (χ2v) is 5.09. The van der Waals surface area contributed by atoms with Crippen LogP contribution in [0.1, 0.15) is 13.8 Å². The minimum atomic E-state index is -0.976. The van der Waals surface area contributed by atoms with Crippen molar-refractivity contribution in [3.05, 3.63) is 42.5 Å². The van der Waals surface area contributed by atoms with Gasteiger partial charge in [0.25, 0.3) is 0 Å². The highest BCUT2D eigenvalue weighted by atomic mass is 16.5. The van der Waals surface area contributed by atoms with Crippen LogP contribution in [-0.4, -0.2) is 35.2 Å². The van der Waals surface area contributed by atoms with Crippen LogP contribution in [-0.2, 0) is 0 Å². The molecule has 0 heterocycles. The standard InChI is InChI=1S/C16H21NO3/c1-11(2)17-16(14(19)10-18)20-15-9-5-7-12-6-3-4-8-13(12)15/h3-9,11,14,16-19H,10H2,1-2H3. The van der Waals surface area contributed by atoms with Crippen molar-refractivity contribution in [1.82, 2.24) is 5.32 Å². The summed E-state index contributed by atoms with van der Waals surface area (Å²) in [6, 6.07) is 13.8. The Morgan fingerprint density at radius 2 is 1.80 bits per heavy atom. The predicted octanol–water partition coefficient (Wildman–Crippen LogP) is 1.90. The molecule has 4 heteroatoms. The third kappa shape index (κ3) is 3.48. The molecule has 0 fully saturated rings. The van der Waals surface area contributed by atoms with Crippen molar-refractivity contribution in [2.45, 2.75) is 32.2 Å². The van der Waals surface area contributed by atoms with Crippen molar-refractivity contribution in [1.29, 1.82) is 0 Å². The Kier molecular flexibility index (Phi) is 4.95.